The summed E-state index contributed by atoms with van der Waals surface area (Å²) in [5, 5.41) is 0. The van der Waals surface area contributed by atoms with Crippen molar-refractivity contribution < 1.29 is 13.0 Å². The first-order valence-electron chi connectivity index (χ1n) is 1.14. The molecule has 0 bridgehead atoms. The molecule has 0 aromatic carbocycles. The van der Waals surface area contributed by atoms with E-state index in [1.165, 1.54) is 0 Å². The number of rotatable bonds is 1. The fraction of sp³-hybridized carbons (Fsp3) is 0. The van der Waals surface area contributed by atoms with Crippen molar-refractivity contribution in [3.63, 3.8) is 0 Å². The highest BCUT2D eigenvalue weighted by molar-refractivity contribution is 7.87. The predicted octanol–water partition coefficient (Wildman–Crippen LogP) is -0.257. The summed E-state index contributed by atoms with van der Waals surface area (Å²) in [6, 6.07) is 0. The fourth-order valence-corrected chi connectivity index (χ4v) is 0. The van der Waals surface area contributed by atoms with Gasteiger partial charge in [-0.2, -0.15) is 8.42 Å². The maximum absolute atomic E-state index is 9.33. The van der Waals surface area contributed by atoms with Crippen LogP contribution in [0.3, 0.4) is 0 Å². The molecule has 6 heavy (non-hydrogen) atoms. The molecular formula is C2H3O3S. The molecule has 0 atom stereocenters. The van der Waals surface area contributed by atoms with Crippen LogP contribution in [0.2, 0.25) is 0 Å². The van der Waals surface area contributed by atoms with E-state index in [0.29, 0.717) is 5.75 Å². The summed E-state index contributed by atoms with van der Waals surface area (Å²) in [6.45, 7) is 2.73. The highest BCUT2D eigenvalue weighted by atomic mass is 32.2. The Hall–Kier alpha value is -0.0900. The third-order valence-corrected chi connectivity index (χ3v) is 0.612. The predicted molar refractivity (Wildman–Crippen MR) is 19.3 cm³/mol. The molecule has 0 heterocycles. The highest BCUT2D eigenvalue weighted by Gasteiger charge is 1.98. The molecule has 3 radical (unpaired) electrons. The van der Waals surface area contributed by atoms with Crippen molar-refractivity contribution in [1.82, 2.24) is 0 Å². The van der Waals surface area contributed by atoms with Crippen LogP contribution in [0.15, 0.2) is 0 Å². The van der Waals surface area contributed by atoms with Crippen molar-refractivity contribution in [3.05, 3.63) is 12.7 Å². The molecule has 0 unspecified atom stereocenters. The van der Waals surface area contributed by atoms with Crippen molar-refractivity contribution in [2.24, 2.45) is 0 Å². The first-order chi connectivity index (χ1) is 2.56. The fourth-order valence-electron chi connectivity index (χ4n) is 0. The first kappa shape index (κ1) is 5.91. The number of hydrogen-bond donors (Lipinski definition) is 0. The molecule has 0 saturated carbocycles. The van der Waals surface area contributed by atoms with Crippen molar-refractivity contribution in [1.29, 1.82) is 0 Å². The maximum atomic E-state index is 9.33. The molecule has 35 valence electrons. The Bertz CT molecular complexity index is 111. The van der Waals surface area contributed by atoms with Gasteiger partial charge in [-0.1, -0.05) is 4.55 Å². The second-order valence-electron chi connectivity index (χ2n) is 0.659. The lowest BCUT2D eigenvalue weighted by molar-refractivity contribution is 0.421. The van der Waals surface area contributed by atoms with Crippen molar-refractivity contribution in [3.8, 4) is 0 Å². The van der Waals surface area contributed by atoms with Crippen molar-refractivity contribution >= 4 is 10.1 Å². The van der Waals surface area contributed by atoms with Crippen molar-refractivity contribution in [2.75, 3.05) is 0 Å². The van der Waals surface area contributed by atoms with E-state index in [4.69, 9.17) is 0 Å². The third-order valence-electron chi connectivity index (χ3n) is 0.204. The topological polar surface area (TPSA) is 54.0 Å². The van der Waals surface area contributed by atoms with E-state index >= 15 is 0 Å². The highest BCUT2D eigenvalue weighted by Crippen LogP contribution is 1.83. The SMILES string of the molecule is [CH2][CH]S([O])(=O)=O. The quantitative estimate of drug-likeness (QED) is 0.463. The van der Waals surface area contributed by atoms with E-state index in [2.05, 4.69) is 6.92 Å². The summed E-state index contributed by atoms with van der Waals surface area (Å²) in [4.78, 5) is 0. The van der Waals surface area contributed by atoms with Crippen LogP contribution in [0.5, 0.6) is 0 Å². The molecule has 0 amide bonds. The zero-order chi connectivity index (χ0) is 5.21. The largest absolute Gasteiger partial charge is 0.298 e. The minimum atomic E-state index is -4.15. The van der Waals surface area contributed by atoms with Gasteiger partial charge in [0.1, 0.15) is 5.75 Å². The zero-order valence-corrected chi connectivity index (χ0v) is 3.73. The summed E-state index contributed by atoms with van der Waals surface area (Å²) >= 11 is 0. The molecule has 4 heteroatoms. The van der Waals surface area contributed by atoms with E-state index in [9.17, 15) is 13.0 Å². The Kier molecular flexibility index (Phi) is 1.55. The van der Waals surface area contributed by atoms with Gasteiger partial charge in [0.2, 0.25) is 0 Å². The van der Waals surface area contributed by atoms with E-state index in [0.717, 1.165) is 0 Å². The first-order valence-corrected chi connectivity index (χ1v) is 2.62. The summed E-state index contributed by atoms with van der Waals surface area (Å²) in [7, 11) is -4.15. The molecule has 0 N–H and O–H groups in total. The van der Waals surface area contributed by atoms with Gasteiger partial charge >= 0.3 is 0 Å². The van der Waals surface area contributed by atoms with Crippen molar-refractivity contribution in [2.45, 2.75) is 0 Å². The second-order valence-corrected chi connectivity index (χ2v) is 1.98. The Morgan fingerprint density at radius 3 is 1.67 bits per heavy atom. The Labute approximate surface area is 36.7 Å². The standard InChI is InChI=1S/C2H3O3S/c1-2-6(3,4)5/h2H,1H2. The number of hydrogen-bond acceptors (Lipinski definition) is 2. The summed E-state index contributed by atoms with van der Waals surface area (Å²) in [5.74, 6) is 0.354. The van der Waals surface area contributed by atoms with Gasteiger partial charge in [0.25, 0.3) is 10.1 Å². The van der Waals surface area contributed by atoms with Gasteiger partial charge in [0.05, 0.1) is 0 Å². The average molecular weight is 107 g/mol. The van der Waals surface area contributed by atoms with E-state index in [1.807, 2.05) is 0 Å². The van der Waals surface area contributed by atoms with Crippen LogP contribution in [-0.4, -0.2) is 8.42 Å². The lowest BCUT2D eigenvalue weighted by atomic mass is 11.0. The van der Waals surface area contributed by atoms with Gasteiger partial charge in [-0.25, -0.2) is 0 Å². The molecular weight excluding hydrogens is 104 g/mol. The molecule has 0 fully saturated rings. The average Bonchev–Trinajstić information content (AvgIpc) is 1.35. The molecule has 0 aromatic rings. The van der Waals surface area contributed by atoms with Crippen LogP contribution in [0.4, 0.5) is 0 Å². The summed E-state index contributed by atoms with van der Waals surface area (Å²) in [6.07, 6.45) is 0. The monoisotopic (exact) mass is 107 g/mol. The molecule has 0 spiro atoms. The molecule has 0 aromatic heterocycles. The lowest BCUT2D eigenvalue weighted by Crippen LogP contribution is -1.89. The van der Waals surface area contributed by atoms with Crippen LogP contribution in [0, 0.1) is 12.7 Å². The van der Waals surface area contributed by atoms with Crippen LogP contribution in [0.25, 0.3) is 0 Å². The van der Waals surface area contributed by atoms with Gasteiger partial charge < -0.3 is 0 Å². The summed E-state index contributed by atoms with van der Waals surface area (Å²) in [5.41, 5.74) is 0. The van der Waals surface area contributed by atoms with Crippen LogP contribution >= 0.6 is 0 Å². The zero-order valence-electron chi connectivity index (χ0n) is 2.92. The second kappa shape index (κ2) is 1.57. The Morgan fingerprint density at radius 1 is 1.50 bits per heavy atom. The van der Waals surface area contributed by atoms with E-state index < -0.39 is 10.1 Å². The van der Waals surface area contributed by atoms with Crippen LogP contribution < -0.4 is 0 Å². The van der Waals surface area contributed by atoms with Gasteiger partial charge in [-0.15, -0.1) is 0 Å². The lowest BCUT2D eigenvalue weighted by Gasteiger charge is -1.74. The van der Waals surface area contributed by atoms with E-state index in [1.54, 1.807) is 0 Å². The Morgan fingerprint density at radius 2 is 1.67 bits per heavy atom. The maximum Gasteiger partial charge on any atom is 0.298 e. The molecule has 0 aliphatic rings. The van der Waals surface area contributed by atoms with Gasteiger partial charge in [-0.05, 0) is 6.92 Å². The molecule has 3 nitrogen and oxygen atoms in total. The molecule has 0 saturated heterocycles. The summed E-state index contributed by atoms with van der Waals surface area (Å²) < 4.78 is 28.0. The van der Waals surface area contributed by atoms with Crippen LogP contribution in [-0.2, 0) is 14.7 Å². The smallest absolute Gasteiger partial charge is 0.197 e. The minimum Gasteiger partial charge on any atom is -0.197 e. The van der Waals surface area contributed by atoms with Gasteiger partial charge in [0.15, 0.2) is 0 Å². The Balaban J connectivity index is 3.85. The van der Waals surface area contributed by atoms with E-state index in [-0.39, 0.29) is 0 Å². The van der Waals surface area contributed by atoms with Crippen LogP contribution in [0.1, 0.15) is 0 Å². The minimum absolute atomic E-state index is 0.354. The normalized spacial score (nSPS) is 11.7. The van der Waals surface area contributed by atoms with Gasteiger partial charge in [0, 0.05) is 0 Å². The molecule has 0 rings (SSSR count). The molecule has 0 aliphatic heterocycles. The third kappa shape index (κ3) is 3.91. The molecule has 0 aliphatic carbocycles. The van der Waals surface area contributed by atoms with Gasteiger partial charge in [-0.3, -0.25) is 0 Å².